The van der Waals surface area contributed by atoms with Crippen LogP contribution in [0.4, 0.5) is 0 Å². The van der Waals surface area contributed by atoms with Crippen molar-refractivity contribution in [2.75, 3.05) is 26.2 Å². The summed E-state index contributed by atoms with van der Waals surface area (Å²) in [7, 11) is 0. The first-order valence-electron chi connectivity index (χ1n) is 10.4. The summed E-state index contributed by atoms with van der Waals surface area (Å²) in [6.45, 7) is 5.31. The first-order chi connectivity index (χ1) is 14.5. The summed E-state index contributed by atoms with van der Waals surface area (Å²) in [6.07, 6.45) is 2.78. The van der Waals surface area contributed by atoms with E-state index in [9.17, 15) is 9.59 Å². The molecule has 30 heavy (non-hydrogen) atoms. The molecular weight excluding hydrogens is 419 g/mol. The molecule has 2 saturated heterocycles. The molecule has 2 aliphatic rings. The van der Waals surface area contributed by atoms with Crippen LogP contribution in [0, 0.1) is 0 Å². The highest BCUT2D eigenvalue weighted by Crippen LogP contribution is 2.16. The van der Waals surface area contributed by atoms with Crippen LogP contribution in [-0.4, -0.2) is 47.5 Å². The molecule has 0 aromatic heterocycles. The number of hydrogen-bond donors (Lipinski definition) is 0. The Morgan fingerprint density at radius 1 is 0.633 bits per heavy atom. The van der Waals surface area contributed by atoms with Gasteiger partial charge in [-0.15, -0.1) is 0 Å². The molecular formula is C24H28Cl2N2O2. The SMILES string of the molecule is O=C1CCN(Cc2cccc(Cl)c2)CC1.O=C1CCN(Cc2cccc(Cl)c2)CC1. The molecule has 2 aliphatic heterocycles. The van der Waals surface area contributed by atoms with Crippen molar-refractivity contribution in [1.29, 1.82) is 0 Å². The molecule has 0 radical (unpaired) electrons. The minimum absolute atomic E-state index is 0.386. The second kappa shape index (κ2) is 11.6. The van der Waals surface area contributed by atoms with Crippen LogP contribution in [0.2, 0.25) is 10.0 Å². The molecule has 4 rings (SSSR count). The van der Waals surface area contributed by atoms with Gasteiger partial charge in [0, 0.05) is 75.0 Å². The maximum atomic E-state index is 11.1. The highest BCUT2D eigenvalue weighted by molar-refractivity contribution is 6.30. The van der Waals surface area contributed by atoms with E-state index in [1.807, 2.05) is 36.4 Å². The van der Waals surface area contributed by atoms with Gasteiger partial charge in [0.25, 0.3) is 0 Å². The van der Waals surface area contributed by atoms with E-state index in [2.05, 4.69) is 21.9 Å². The Morgan fingerprint density at radius 2 is 1.00 bits per heavy atom. The molecule has 0 amide bonds. The third-order valence-electron chi connectivity index (χ3n) is 5.42. The summed E-state index contributed by atoms with van der Waals surface area (Å²) in [5.74, 6) is 0.773. The Bertz CT molecular complexity index is 780. The zero-order valence-electron chi connectivity index (χ0n) is 17.2. The van der Waals surface area contributed by atoms with Crippen LogP contribution in [0.1, 0.15) is 36.8 Å². The van der Waals surface area contributed by atoms with Gasteiger partial charge < -0.3 is 0 Å². The number of Topliss-reactive ketones (excluding diaryl/α,β-unsaturated/α-hetero) is 2. The number of nitrogens with zero attached hydrogens (tertiary/aromatic N) is 2. The average Bonchev–Trinajstić information content (AvgIpc) is 2.72. The summed E-state index contributed by atoms with van der Waals surface area (Å²) >= 11 is 11.8. The smallest absolute Gasteiger partial charge is 0.135 e. The van der Waals surface area contributed by atoms with Gasteiger partial charge >= 0.3 is 0 Å². The third-order valence-corrected chi connectivity index (χ3v) is 5.89. The number of halogens is 2. The van der Waals surface area contributed by atoms with Crippen LogP contribution in [0.15, 0.2) is 48.5 Å². The molecule has 0 unspecified atom stereocenters. The lowest BCUT2D eigenvalue weighted by Gasteiger charge is -2.25. The van der Waals surface area contributed by atoms with Gasteiger partial charge in [-0.2, -0.15) is 0 Å². The number of carbonyl (C=O) groups excluding carboxylic acids is 2. The lowest BCUT2D eigenvalue weighted by atomic mass is 10.1. The largest absolute Gasteiger partial charge is 0.300 e. The Labute approximate surface area is 188 Å². The predicted octanol–water partition coefficient (Wildman–Crippen LogP) is 5.01. The van der Waals surface area contributed by atoms with E-state index in [0.29, 0.717) is 37.2 Å². The summed E-state index contributed by atoms with van der Waals surface area (Å²) in [5, 5.41) is 1.56. The quantitative estimate of drug-likeness (QED) is 0.661. The third kappa shape index (κ3) is 7.84. The van der Waals surface area contributed by atoms with Gasteiger partial charge in [-0.25, -0.2) is 0 Å². The van der Waals surface area contributed by atoms with Gasteiger partial charge in [-0.05, 0) is 35.4 Å². The molecule has 0 bridgehead atoms. The standard InChI is InChI=1S/2C12H14ClNO/c2*13-11-3-1-2-10(8-11)9-14-6-4-12(15)5-7-14/h2*1-3,8H,4-7,9H2. The fourth-order valence-corrected chi connectivity index (χ4v) is 4.13. The second-order valence-corrected chi connectivity index (χ2v) is 8.76. The van der Waals surface area contributed by atoms with Gasteiger partial charge in [0.15, 0.2) is 0 Å². The van der Waals surface area contributed by atoms with E-state index in [1.165, 1.54) is 11.1 Å². The van der Waals surface area contributed by atoms with E-state index in [0.717, 1.165) is 49.3 Å². The van der Waals surface area contributed by atoms with E-state index < -0.39 is 0 Å². The van der Waals surface area contributed by atoms with E-state index >= 15 is 0 Å². The Hall–Kier alpha value is -1.72. The number of rotatable bonds is 4. The van der Waals surface area contributed by atoms with E-state index in [4.69, 9.17) is 23.2 Å². The molecule has 160 valence electrons. The molecule has 2 heterocycles. The second-order valence-electron chi connectivity index (χ2n) is 7.89. The molecule has 6 heteroatoms. The molecule has 2 aromatic rings. The summed E-state index contributed by atoms with van der Waals surface area (Å²) in [6, 6.07) is 15.8. The Morgan fingerprint density at radius 3 is 1.33 bits per heavy atom. The van der Waals surface area contributed by atoms with Crippen molar-refractivity contribution in [3.05, 3.63) is 69.7 Å². The van der Waals surface area contributed by atoms with Crippen molar-refractivity contribution in [3.63, 3.8) is 0 Å². The van der Waals surface area contributed by atoms with Gasteiger partial charge in [0.1, 0.15) is 11.6 Å². The maximum Gasteiger partial charge on any atom is 0.135 e. The average molecular weight is 447 g/mol. The van der Waals surface area contributed by atoms with Crippen LogP contribution >= 0.6 is 23.2 Å². The van der Waals surface area contributed by atoms with E-state index in [-0.39, 0.29) is 0 Å². The summed E-state index contributed by atoms with van der Waals surface area (Å²) in [4.78, 5) is 26.7. The normalized spacial score (nSPS) is 18.1. The highest BCUT2D eigenvalue weighted by atomic mass is 35.5. The maximum absolute atomic E-state index is 11.1. The highest BCUT2D eigenvalue weighted by Gasteiger charge is 2.16. The van der Waals surface area contributed by atoms with Gasteiger partial charge in [0.2, 0.25) is 0 Å². The van der Waals surface area contributed by atoms with Crippen molar-refractivity contribution in [2.45, 2.75) is 38.8 Å². The fraction of sp³-hybridized carbons (Fsp3) is 0.417. The van der Waals surface area contributed by atoms with Crippen molar-refractivity contribution in [3.8, 4) is 0 Å². The Kier molecular flexibility index (Phi) is 8.88. The number of piperidine rings is 2. The molecule has 0 atom stereocenters. The monoisotopic (exact) mass is 446 g/mol. The molecule has 2 aromatic carbocycles. The topological polar surface area (TPSA) is 40.6 Å². The number of ketones is 2. The molecule has 0 aliphatic carbocycles. The first kappa shape index (κ1) is 23.0. The van der Waals surface area contributed by atoms with Gasteiger partial charge in [-0.1, -0.05) is 47.5 Å². The van der Waals surface area contributed by atoms with Crippen LogP contribution in [0.25, 0.3) is 0 Å². The molecule has 0 saturated carbocycles. The summed E-state index contributed by atoms with van der Waals surface area (Å²) < 4.78 is 0. The minimum atomic E-state index is 0.386. The lowest BCUT2D eigenvalue weighted by molar-refractivity contribution is -0.122. The zero-order chi connectivity index (χ0) is 21.3. The van der Waals surface area contributed by atoms with Crippen LogP contribution in [0.5, 0.6) is 0 Å². The van der Waals surface area contributed by atoms with Crippen LogP contribution < -0.4 is 0 Å². The molecule has 0 spiro atoms. The number of benzene rings is 2. The van der Waals surface area contributed by atoms with Crippen molar-refractivity contribution in [2.24, 2.45) is 0 Å². The molecule has 2 fully saturated rings. The fourth-order valence-electron chi connectivity index (χ4n) is 3.71. The lowest BCUT2D eigenvalue weighted by Crippen LogP contribution is -2.33. The van der Waals surface area contributed by atoms with Crippen LogP contribution in [-0.2, 0) is 22.7 Å². The Balaban J connectivity index is 0.000000171. The zero-order valence-corrected chi connectivity index (χ0v) is 18.7. The van der Waals surface area contributed by atoms with Gasteiger partial charge in [0.05, 0.1) is 0 Å². The van der Waals surface area contributed by atoms with Gasteiger partial charge in [-0.3, -0.25) is 19.4 Å². The van der Waals surface area contributed by atoms with E-state index in [1.54, 1.807) is 0 Å². The van der Waals surface area contributed by atoms with Crippen LogP contribution in [0.3, 0.4) is 0 Å². The first-order valence-corrected chi connectivity index (χ1v) is 11.2. The number of likely N-dealkylation sites (tertiary alicyclic amines) is 2. The van der Waals surface area contributed by atoms with Crippen molar-refractivity contribution in [1.82, 2.24) is 9.80 Å². The minimum Gasteiger partial charge on any atom is -0.300 e. The van der Waals surface area contributed by atoms with Crippen molar-refractivity contribution < 1.29 is 9.59 Å². The summed E-state index contributed by atoms with van der Waals surface area (Å²) in [5.41, 5.74) is 2.44. The molecule has 4 nitrogen and oxygen atoms in total. The molecule has 0 N–H and O–H groups in total. The number of carbonyl (C=O) groups is 2. The van der Waals surface area contributed by atoms with Crippen molar-refractivity contribution >= 4 is 34.8 Å². The number of hydrogen-bond acceptors (Lipinski definition) is 4. The predicted molar refractivity (Wildman–Crippen MR) is 122 cm³/mol.